The monoisotopic (exact) mass is 289 g/mol. The summed E-state index contributed by atoms with van der Waals surface area (Å²) in [6.45, 7) is 2.27. The lowest BCUT2D eigenvalue weighted by atomic mass is 10.1. The van der Waals surface area contributed by atoms with Gasteiger partial charge in [0.05, 0.1) is 16.7 Å². The Morgan fingerprint density at radius 2 is 2.19 bits per heavy atom. The molecule has 110 valence electrons. The van der Waals surface area contributed by atoms with Crippen LogP contribution < -0.4 is 10.6 Å². The van der Waals surface area contributed by atoms with E-state index in [0.717, 1.165) is 0 Å². The van der Waals surface area contributed by atoms with Gasteiger partial charge < -0.3 is 10.6 Å². The van der Waals surface area contributed by atoms with E-state index in [1.54, 1.807) is 26.2 Å². The van der Waals surface area contributed by atoms with Gasteiger partial charge in [-0.05, 0) is 13.0 Å². The van der Waals surface area contributed by atoms with Gasteiger partial charge in [-0.1, -0.05) is 6.07 Å². The van der Waals surface area contributed by atoms with Crippen LogP contribution in [0.3, 0.4) is 0 Å². The van der Waals surface area contributed by atoms with Crippen LogP contribution in [0, 0.1) is 10.1 Å². The molecule has 0 spiro atoms. The van der Waals surface area contributed by atoms with Gasteiger partial charge in [-0.2, -0.15) is 5.10 Å². The SMILES string of the molecule is CCNc1c(C(=O)Nc2ccnn2C)cccc1[N+](=O)[O-]. The summed E-state index contributed by atoms with van der Waals surface area (Å²) in [7, 11) is 1.69. The zero-order valence-corrected chi connectivity index (χ0v) is 11.7. The van der Waals surface area contributed by atoms with Crippen LogP contribution in [0.2, 0.25) is 0 Å². The van der Waals surface area contributed by atoms with Gasteiger partial charge in [-0.25, -0.2) is 0 Å². The fourth-order valence-corrected chi connectivity index (χ4v) is 1.92. The fourth-order valence-electron chi connectivity index (χ4n) is 1.92. The zero-order chi connectivity index (χ0) is 15.4. The average molecular weight is 289 g/mol. The quantitative estimate of drug-likeness (QED) is 0.647. The van der Waals surface area contributed by atoms with Crippen LogP contribution in [0.1, 0.15) is 17.3 Å². The first-order valence-electron chi connectivity index (χ1n) is 6.35. The molecule has 1 aromatic carbocycles. The molecule has 1 aromatic heterocycles. The lowest BCUT2D eigenvalue weighted by Gasteiger charge is -2.11. The molecule has 0 radical (unpaired) electrons. The van der Waals surface area contributed by atoms with Crippen LogP contribution in [0.15, 0.2) is 30.5 Å². The number of nitro benzene ring substituents is 1. The first-order chi connectivity index (χ1) is 10.0. The van der Waals surface area contributed by atoms with Crippen molar-refractivity contribution in [3.8, 4) is 0 Å². The third-order valence-electron chi connectivity index (χ3n) is 2.90. The maximum atomic E-state index is 12.3. The predicted molar refractivity (Wildman–Crippen MR) is 78.4 cm³/mol. The van der Waals surface area contributed by atoms with Crippen LogP contribution in [-0.4, -0.2) is 27.2 Å². The number of benzene rings is 1. The Labute approximate surface area is 120 Å². The van der Waals surface area contributed by atoms with Crippen LogP contribution >= 0.6 is 0 Å². The summed E-state index contributed by atoms with van der Waals surface area (Å²) >= 11 is 0. The molecule has 0 atom stereocenters. The molecule has 2 aromatic rings. The number of hydrogen-bond acceptors (Lipinski definition) is 5. The number of para-hydroxylation sites is 1. The summed E-state index contributed by atoms with van der Waals surface area (Å²) in [4.78, 5) is 22.9. The zero-order valence-electron chi connectivity index (χ0n) is 11.7. The number of nitrogens with one attached hydrogen (secondary N) is 2. The molecule has 8 nitrogen and oxygen atoms in total. The summed E-state index contributed by atoms with van der Waals surface area (Å²) in [6.07, 6.45) is 1.55. The third-order valence-corrected chi connectivity index (χ3v) is 2.90. The highest BCUT2D eigenvalue weighted by Gasteiger charge is 2.21. The molecule has 0 aliphatic carbocycles. The van der Waals surface area contributed by atoms with Crippen LogP contribution in [-0.2, 0) is 7.05 Å². The van der Waals surface area contributed by atoms with E-state index in [2.05, 4.69) is 15.7 Å². The number of aryl methyl sites for hydroxylation is 1. The van der Waals surface area contributed by atoms with Gasteiger partial charge in [0.2, 0.25) is 0 Å². The Kier molecular flexibility index (Phi) is 4.17. The number of aromatic nitrogens is 2. The minimum Gasteiger partial charge on any atom is -0.379 e. The topological polar surface area (TPSA) is 102 Å². The van der Waals surface area contributed by atoms with Gasteiger partial charge in [0.15, 0.2) is 0 Å². The second kappa shape index (κ2) is 6.04. The van der Waals surface area contributed by atoms with Crippen molar-refractivity contribution in [3.05, 3.63) is 46.1 Å². The molecule has 8 heteroatoms. The molecule has 1 heterocycles. The average Bonchev–Trinajstić information content (AvgIpc) is 2.84. The van der Waals surface area contributed by atoms with E-state index in [4.69, 9.17) is 0 Å². The number of amides is 1. The Morgan fingerprint density at radius 3 is 2.76 bits per heavy atom. The van der Waals surface area contributed by atoms with Gasteiger partial charge in [-0.3, -0.25) is 19.6 Å². The lowest BCUT2D eigenvalue weighted by Crippen LogP contribution is -2.17. The Bertz CT molecular complexity index is 680. The molecule has 0 aliphatic heterocycles. The summed E-state index contributed by atoms with van der Waals surface area (Å²) < 4.78 is 1.50. The lowest BCUT2D eigenvalue weighted by molar-refractivity contribution is -0.384. The molecule has 0 bridgehead atoms. The summed E-state index contributed by atoms with van der Waals surface area (Å²) in [5.74, 6) is 0.0761. The molecule has 2 rings (SSSR count). The number of anilines is 2. The highest BCUT2D eigenvalue weighted by atomic mass is 16.6. The van der Waals surface area contributed by atoms with E-state index in [1.807, 2.05) is 0 Å². The van der Waals surface area contributed by atoms with Crippen molar-refractivity contribution in [3.63, 3.8) is 0 Å². The van der Waals surface area contributed by atoms with E-state index in [9.17, 15) is 14.9 Å². The summed E-state index contributed by atoms with van der Waals surface area (Å²) in [5, 5.41) is 20.6. The van der Waals surface area contributed by atoms with Gasteiger partial charge in [-0.15, -0.1) is 0 Å². The van der Waals surface area contributed by atoms with Crippen molar-refractivity contribution in [1.82, 2.24) is 9.78 Å². The van der Waals surface area contributed by atoms with Gasteiger partial charge in [0, 0.05) is 25.7 Å². The first-order valence-corrected chi connectivity index (χ1v) is 6.35. The minimum atomic E-state index is -0.515. The maximum absolute atomic E-state index is 12.3. The van der Waals surface area contributed by atoms with Crippen LogP contribution in [0.25, 0.3) is 0 Å². The first kappa shape index (κ1) is 14.5. The van der Waals surface area contributed by atoms with E-state index < -0.39 is 10.8 Å². The van der Waals surface area contributed by atoms with E-state index >= 15 is 0 Å². The maximum Gasteiger partial charge on any atom is 0.293 e. The molecule has 21 heavy (non-hydrogen) atoms. The largest absolute Gasteiger partial charge is 0.379 e. The number of rotatable bonds is 5. The predicted octanol–water partition coefficient (Wildman–Crippen LogP) is 2.01. The van der Waals surface area contributed by atoms with Crippen molar-refractivity contribution < 1.29 is 9.72 Å². The number of nitro groups is 1. The molecule has 0 saturated carbocycles. The molecule has 0 saturated heterocycles. The minimum absolute atomic E-state index is 0.130. The second-order valence-corrected chi connectivity index (χ2v) is 4.28. The van der Waals surface area contributed by atoms with Gasteiger partial charge in [0.25, 0.3) is 11.6 Å². The molecule has 0 unspecified atom stereocenters. The number of carbonyl (C=O) groups excluding carboxylic acids is 1. The number of carbonyl (C=O) groups is 1. The van der Waals surface area contributed by atoms with Crippen LogP contribution in [0.5, 0.6) is 0 Å². The molecule has 0 aliphatic rings. The molecule has 2 N–H and O–H groups in total. The van der Waals surface area contributed by atoms with E-state index in [-0.39, 0.29) is 16.9 Å². The van der Waals surface area contributed by atoms with E-state index in [1.165, 1.54) is 22.9 Å². The van der Waals surface area contributed by atoms with Crippen molar-refractivity contribution >= 4 is 23.1 Å². The second-order valence-electron chi connectivity index (χ2n) is 4.28. The highest BCUT2D eigenvalue weighted by Crippen LogP contribution is 2.28. The van der Waals surface area contributed by atoms with Gasteiger partial charge >= 0.3 is 0 Å². The molecular formula is C13H15N5O3. The van der Waals surface area contributed by atoms with Crippen molar-refractivity contribution in [2.45, 2.75) is 6.92 Å². The van der Waals surface area contributed by atoms with Crippen molar-refractivity contribution in [2.75, 3.05) is 17.2 Å². The fraction of sp³-hybridized carbons (Fsp3) is 0.231. The van der Waals surface area contributed by atoms with Crippen LogP contribution in [0.4, 0.5) is 17.2 Å². The Morgan fingerprint density at radius 1 is 1.43 bits per heavy atom. The third kappa shape index (κ3) is 2.99. The molecule has 1 amide bonds. The van der Waals surface area contributed by atoms with Gasteiger partial charge in [0.1, 0.15) is 11.5 Å². The number of hydrogen-bond donors (Lipinski definition) is 2. The van der Waals surface area contributed by atoms with Crippen molar-refractivity contribution in [1.29, 1.82) is 0 Å². The summed E-state index contributed by atoms with van der Waals surface area (Å²) in [6, 6.07) is 6.02. The summed E-state index contributed by atoms with van der Waals surface area (Å²) in [5.41, 5.74) is 0.298. The number of nitrogens with zero attached hydrogens (tertiary/aromatic N) is 3. The Balaban J connectivity index is 2.38. The Hall–Kier alpha value is -2.90. The smallest absolute Gasteiger partial charge is 0.293 e. The molecule has 0 fully saturated rings. The standard InChI is InChI=1S/C13H15N5O3/c1-3-14-12-9(5-4-6-10(12)18(20)21)13(19)16-11-7-8-15-17(11)2/h4-8,14H,3H2,1-2H3,(H,16,19). The normalized spacial score (nSPS) is 10.2. The van der Waals surface area contributed by atoms with E-state index in [0.29, 0.717) is 12.4 Å². The highest BCUT2D eigenvalue weighted by molar-refractivity contribution is 6.09. The van der Waals surface area contributed by atoms with Crippen molar-refractivity contribution in [2.24, 2.45) is 7.05 Å². The molecular weight excluding hydrogens is 274 g/mol.